The molecule has 1 aliphatic carbocycles. The minimum absolute atomic E-state index is 0.165. The van der Waals surface area contributed by atoms with E-state index in [4.69, 9.17) is 4.98 Å². The summed E-state index contributed by atoms with van der Waals surface area (Å²) < 4.78 is 0. The largest absolute Gasteiger partial charge is 0.313 e. The van der Waals surface area contributed by atoms with Gasteiger partial charge >= 0.3 is 0 Å². The summed E-state index contributed by atoms with van der Waals surface area (Å²) >= 11 is 1.84. The van der Waals surface area contributed by atoms with Gasteiger partial charge < -0.3 is 5.32 Å². The molecule has 0 spiro atoms. The lowest BCUT2D eigenvalue weighted by molar-refractivity contribution is 0.219. The summed E-state index contributed by atoms with van der Waals surface area (Å²) in [5.41, 5.74) is 1.87. The van der Waals surface area contributed by atoms with Gasteiger partial charge in [0.15, 0.2) is 0 Å². The van der Waals surface area contributed by atoms with E-state index in [1.165, 1.54) is 42.8 Å². The third-order valence-corrected chi connectivity index (χ3v) is 5.80. The Balaban J connectivity index is 2.09. The van der Waals surface area contributed by atoms with Crippen LogP contribution in [0.5, 0.6) is 0 Å². The molecule has 1 saturated carbocycles. The number of nitrogens with zero attached hydrogens (tertiary/aromatic N) is 1. The summed E-state index contributed by atoms with van der Waals surface area (Å²) in [6.45, 7) is 12.6. The highest BCUT2D eigenvalue weighted by Gasteiger charge is 2.37. The number of hydrogen-bond acceptors (Lipinski definition) is 3. The molecule has 1 fully saturated rings. The lowest BCUT2D eigenvalue weighted by Crippen LogP contribution is -2.44. The van der Waals surface area contributed by atoms with Crippen LogP contribution in [0.15, 0.2) is 5.38 Å². The maximum Gasteiger partial charge on any atom is 0.0944 e. The predicted octanol–water partition coefficient (Wildman–Crippen LogP) is 4.93. The zero-order valence-corrected chi connectivity index (χ0v) is 15.3. The number of hydrogen-bond donors (Lipinski definition) is 1. The maximum absolute atomic E-state index is 4.91. The molecule has 1 aromatic rings. The molecular formula is C18H32N2S. The van der Waals surface area contributed by atoms with Crippen LogP contribution in [0.3, 0.4) is 0 Å². The predicted molar refractivity (Wildman–Crippen MR) is 93.2 cm³/mol. The highest BCUT2D eigenvalue weighted by molar-refractivity contribution is 7.09. The first kappa shape index (κ1) is 17.0. The third kappa shape index (κ3) is 4.29. The molecule has 2 nitrogen and oxygen atoms in total. The first-order chi connectivity index (χ1) is 9.85. The van der Waals surface area contributed by atoms with Gasteiger partial charge in [0.2, 0.25) is 0 Å². The Morgan fingerprint density at radius 1 is 1.33 bits per heavy atom. The van der Waals surface area contributed by atoms with E-state index in [-0.39, 0.29) is 5.41 Å². The highest BCUT2D eigenvalue weighted by atomic mass is 32.1. The molecule has 1 unspecified atom stereocenters. The van der Waals surface area contributed by atoms with Crippen molar-refractivity contribution in [2.45, 2.75) is 84.6 Å². The SMILES string of the molecule is CCCNC(Cc1nc(C(C)(C)C)cs1)C1(C)CCCC1. The zero-order valence-electron chi connectivity index (χ0n) is 14.5. The fourth-order valence-corrected chi connectivity index (χ4v) is 4.41. The van der Waals surface area contributed by atoms with Gasteiger partial charge in [0.05, 0.1) is 10.7 Å². The smallest absolute Gasteiger partial charge is 0.0944 e. The van der Waals surface area contributed by atoms with Crippen LogP contribution in [0.2, 0.25) is 0 Å². The first-order valence-corrected chi connectivity index (χ1v) is 9.41. The molecule has 0 radical (unpaired) electrons. The molecule has 0 saturated heterocycles. The fraction of sp³-hybridized carbons (Fsp3) is 0.833. The van der Waals surface area contributed by atoms with E-state index in [1.807, 2.05) is 11.3 Å². The van der Waals surface area contributed by atoms with Gasteiger partial charge in [-0.3, -0.25) is 0 Å². The van der Waals surface area contributed by atoms with Gasteiger partial charge in [-0.2, -0.15) is 0 Å². The van der Waals surface area contributed by atoms with Crippen LogP contribution in [0.4, 0.5) is 0 Å². The van der Waals surface area contributed by atoms with Crippen LogP contribution >= 0.6 is 11.3 Å². The van der Waals surface area contributed by atoms with Crippen molar-refractivity contribution in [1.82, 2.24) is 10.3 Å². The number of rotatable bonds is 6. The molecule has 1 heterocycles. The molecule has 1 aliphatic rings. The second kappa shape index (κ2) is 6.78. The van der Waals surface area contributed by atoms with Crippen molar-refractivity contribution in [2.24, 2.45) is 5.41 Å². The molecule has 0 aromatic carbocycles. The van der Waals surface area contributed by atoms with E-state index in [2.05, 4.69) is 45.3 Å². The van der Waals surface area contributed by atoms with Crippen LogP contribution in [0, 0.1) is 5.41 Å². The molecule has 0 bridgehead atoms. The lowest BCUT2D eigenvalue weighted by atomic mass is 9.79. The second-order valence-electron chi connectivity index (χ2n) is 7.95. The Morgan fingerprint density at radius 2 is 2.00 bits per heavy atom. The van der Waals surface area contributed by atoms with Gasteiger partial charge in [-0.1, -0.05) is 47.5 Å². The maximum atomic E-state index is 4.91. The third-order valence-electron chi connectivity index (χ3n) is 4.93. The van der Waals surface area contributed by atoms with Gasteiger partial charge in [-0.15, -0.1) is 11.3 Å². The normalized spacial score (nSPS) is 19.9. The number of thiazole rings is 1. The molecule has 1 N–H and O–H groups in total. The summed E-state index contributed by atoms with van der Waals surface area (Å²) in [4.78, 5) is 4.91. The molecule has 1 aromatic heterocycles. The summed E-state index contributed by atoms with van der Waals surface area (Å²) in [6, 6.07) is 0.582. The van der Waals surface area contributed by atoms with Crippen LogP contribution in [-0.2, 0) is 11.8 Å². The van der Waals surface area contributed by atoms with Crippen LogP contribution < -0.4 is 5.32 Å². The summed E-state index contributed by atoms with van der Waals surface area (Å²) in [5.74, 6) is 0. The average molecular weight is 309 g/mol. The van der Waals surface area contributed by atoms with Gasteiger partial charge in [-0.25, -0.2) is 4.98 Å². The lowest BCUT2D eigenvalue weighted by Gasteiger charge is -2.34. The average Bonchev–Trinajstić information content (AvgIpc) is 3.03. The number of aromatic nitrogens is 1. The molecular weight excluding hydrogens is 276 g/mol. The van der Waals surface area contributed by atoms with Crippen molar-refractivity contribution in [3.05, 3.63) is 16.1 Å². The highest BCUT2D eigenvalue weighted by Crippen LogP contribution is 2.42. The summed E-state index contributed by atoms with van der Waals surface area (Å²) in [6.07, 6.45) is 7.82. The van der Waals surface area contributed by atoms with E-state index in [9.17, 15) is 0 Å². The summed E-state index contributed by atoms with van der Waals surface area (Å²) in [7, 11) is 0. The zero-order chi connectivity index (χ0) is 15.5. The van der Waals surface area contributed by atoms with Crippen LogP contribution in [-0.4, -0.2) is 17.6 Å². The van der Waals surface area contributed by atoms with Crippen molar-refractivity contribution in [3.8, 4) is 0 Å². The van der Waals surface area contributed by atoms with Crippen molar-refractivity contribution in [2.75, 3.05) is 6.54 Å². The van der Waals surface area contributed by atoms with Gasteiger partial charge in [-0.05, 0) is 31.2 Å². The Morgan fingerprint density at radius 3 is 2.52 bits per heavy atom. The Hall–Kier alpha value is -0.410. The molecule has 21 heavy (non-hydrogen) atoms. The van der Waals surface area contributed by atoms with Gasteiger partial charge in [0, 0.05) is 23.3 Å². The molecule has 1 atom stereocenters. The van der Waals surface area contributed by atoms with Crippen LogP contribution in [0.1, 0.15) is 77.4 Å². The molecule has 120 valence electrons. The molecule has 0 amide bonds. The minimum atomic E-state index is 0.165. The van der Waals surface area contributed by atoms with Crippen LogP contribution in [0.25, 0.3) is 0 Å². The van der Waals surface area contributed by atoms with Gasteiger partial charge in [0.1, 0.15) is 0 Å². The molecule has 2 rings (SSSR count). The standard InChI is InChI=1S/C18H32N2S/c1-6-11-19-14(18(5)9-7-8-10-18)12-16-20-15(13-21-16)17(2,3)4/h13-14,19H,6-12H2,1-5H3. The Bertz CT molecular complexity index is 438. The minimum Gasteiger partial charge on any atom is -0.313 e. The quantitative estimate of drug-likeness (QED) is 0.806. The monoisotopic (exact) mass is 308 g/mol. The molecule has 0 aliphatic heterocycles. The number of nitrogens with one attached hydrogen (secondary N) is 1. The summed E-state index contributed by atoms with van der Waals surface area (Å²) in [5, 5.41) is 7.38. The van der Waals surface area contributed by atoms with E-state index in [1.54, 1.807) is 0 Å². The first-order valence-electron chi connectivity index (χ1n) is 8.53. The van der Waals surface area contributed by atoms with Gasteiger partial charge in [0.25, 0.3) is 0 Å². The molecule has 3 heteroatoms. The van der Waals surface area contributed by atoms with E-state index >= 15 is 0 Å². The van der Waals surface area contributed by atoms with Crippen molar-refractivity contribution >= 4 is 11.3 Å². The van der Waals surface area contributed by atoms with E-state index in [0.29, 0.717) is 11.5 Å². The fourth-order valence-electron chi connectivity index (χ4n) is 3.34. The Labute approximate surface area is 134 Å². The van der Waals surface area contributed by atoms with Crippen molar-refractivity contribution < 1.29 is 0 Å². The Kier molecular flexibility index (Phi) is 5.48. The van der Waals surface area contributed by atoms with E-state index < -0.39 is 0 Å². The van der Waals surface area contributed by atoms with E-state index in [0.717, 1.165) is 13.0 Å². The second-order valence-corrected chi connectivity index (χ2v) is 8.89. The van der Waals surface area contributed by atoms with Crippen molar-refractivity contribution in [1.29, 1.82) is 0 Å². The van der Waals surface area contributed by atoms with Crippen molar-refractivity contribution in [3.63, 3.8) is 0 Å². The topological polar surface area (TPSA) is 24.9 Å².